The molecule has 0 saturated carbocycles. The number of hydrogen-bond donors (Lipinski definition) is 1. The van der Waals surface area contributed by atoms with Crippen molar-refractivity contribution in [2.45, 2.75) is 52.3 Å². The SMILES string of the molecule is CC(C)NC(C)Oc1ccc(C(=C2CCCc3ccccc32)c2ccccc2)cc1. The molecule has 0 amide bonds. The molecular formula is C28H31NO. The number of rotatable bonds is 6. The minimum absolute atomic E-state index is 0.0204. The van der Waals surface area contributed by atoms with Crippen LogP contribution in [0.1, 0.15) is 55.9 Å². The third-order valence-corrected chi connectivity index (χ3v) is 5.60. The van der Waals surface area contributed by atoms with Crippen LogP contribution in [0.25, 0.3) is 11.1 Å². The number of aryl methyl sites for hydroxylation is 1. The summed E-state index contributed by atoms with van der Waals surface area (Å²) in [6.07, 6.45) is 3.44. The smallest absolute Gasteiger partial charge is 0.147 e. The highest BCUT2D eigenvalue weighted by atomic mass is 16.5. The Kier molecular flexibility index (Phi) is 6.35. The molecule has 4 rings (SSSR count). The van der Waals surface area contributed by atoms with E-state index in [9.17, 15) is 0 Å². The zero-order valence-electron chi connectivity index (χ0n) is 18.2. The van der Waals surface area contributed by atoms with Gasteiger partial charge in [0.15, 0.2) is 0 Å². The maximum absolute atomic E-state index is 6.04. The van der Waals surface area contributed by atoms with Gasteiger partial charge in [0, 0.05) is 6.04 Å². The topological polar surface area (TPSA) is 21.3 Å². The van der Waals surface area contributed by atoms with Gasteiger partial charge in [0.05, 0.1) is 0 Å². The monoisotopic (exact) mass is 397 g/mol. The molecule has 3 aromatic carbocycles. The van der Waals surface area contributed by atoms with Crippen molar-refractivity contribution in [2.24, 2.45) is 0 Å². The standard InChI is InChI=1S/C28H31NO/c1-20(2)29-21(3)30-25-18-16-24(17-19-25)28(23-11-5-4-6-12-23)27-15-9-13-22-10-7-8-14-26(22)27/h4-8,10-12,14,16-21,29H,9,13,15H2,1-3H3. The highest BCUT2D eigenvalue weighted by molar-refractivity contribution is 5.99. The maximum Gasteiger partial charge on any atom is 0.147 e. The van der Waals surface area contributed by atoms with Crippen LogP contribution in [0.15, 0.2) is 78.9 Å². The lowest BCUT2D eigenvalue weighted by Gasteiger charge is -2.24. The Labute approximate surface area is 180 Å². The quantitative estimate of drug-likeness (QED) is 0.467. The van der Waals surface area contributed by atoms with E-state index >= 15 is 0 Å². The Balaban J connectivity index is 1.74. The third kappa shape index (κ3) is 4.66. The van der Waals surface area contributed by atoms with Gasteiger partial charge in [-0.05, 0) is 85.6 Å². The predicted octanol–water partition coefficient (Wildman–Crippen LogP) is 6.70. The molecule has 30 heavy (non-hydrogen) atoms. The highest BCUT2D eigenvalue weighted by Gasteiger charge is 2.19. The van der Waals surface area contributed by atoms with Crippen molar-refractivity contribution in [3.63, 3.8) is 0 Å². The van der Waals surface area contributed by atoms with Gasteiger partial charge in [0.2, 0.25) is 0 Å². The number of benzene rings is 3. The molecule has 1 aliphatic carbocycles. The molecule has 0 saturated heterocycles. The summed E-state index contributed by atoms with van der Waals surface area (Å²) < 4.78 is 6.04. The summed E-state index contributed by atoms with van der Waals surface area (Å²) in [7, 11) is 0. The molecule has 1 N–H and O–H groups in total. The van der Waals surface area contributed by atoms with Crippen LogP contribution >= 0.6 is 0 Å². The van der Waals surface area contributed by atoms with Crippen LogP contribution in [0, 0.1) is 0 Å². The van der Waals surface area contributed by atoms with Crippen LogP contribution in [0.5, 0.6) is 5.75 Å². The molecule has 0 aromatic heterocycles. The molecule has 1 atom stereocenters. The Morgan fingerprint density at radius 3 is 2.17 bits per heavy atom. The van der Waals surface area contributed by atoms with Gasteiger partial charge >= 0.3 is 0 Å². The Morgan fingerprint density at radius 2 is 1.43 bits per heavy atom. The molecule has 1 aliphatic rings. The van der Waals surface area contributed by atoms with Crippen molar-refractivity contribution in [1.82, 2.24) is 5.32 Å². The maximum atomic E-state index is 6.04. The van der Waals surface area contributed by atoms with Crippen molar-refractivity contribution in [3.05, 3.63) is 101 Å². The molecule has 0 radical (unpaired) electrons. The molecular weight excluding hydrogens is 366 g/mol. The van der Waals surface area contributed by atoms with Crippen molar-refractivity contribution in [2.75, 3.05) is 0 Å². The molecule has 1 unspecified atom stereocenters. The summed E-state index contributed by atoms with van der Waals surface area (Å²) in [5.41, 5.74) is 8.16. The highest BCUT2D eigenvalue weighted by Crippen LogP contribution is 2.39. The first kappa shape index (κ1) is 20.4. The molecule has 3 aromatic rings. The van der Waals surface area contributed by atoms with Crippen LogP contribution in [-0.2, 0) is 6.42 Å². The number of fused-ring (bicyclic) bond motifs is 1. The first-order valence-electron chi connectivity index (χ1n) is 11.0. The number of nitrogens with one attached hydrogen (secondary N) is 1. The van der Waals surface area contributed by atoms with E-state index in [-0.39, 0.29) is 6.23 Å². The van der Waals surface area contributed by atoms with Crippen LogP contribution in [0.4, 0.5) is 0 Å². The van der Waals surface area contributed by atoms with Gasteiger partial charge in [0.1, 0.15) is 12.0 Å². The van der Waals surface area contributed by atoms with E-state index in [2.05, 4.69) is 98.0 Å². The summed E-state index contributed by atoms with van der Waals surface area (Å²) in [5, 5.41) is 3.39. The molecule has 0 aliphatic heterocycles. The number of allylic oxidation sites excluding steroid dienone is 1. The van der Waals surface area contributed by atoms with Gasteiger partial charge in [-0.1, -0.05) is 66.7 Å². The van der Waals surface area contributed by atoms with E-state index in [1.54, 1.807) is 0 Å². The molecule has 0 heterocycles. The summed E-state index contributed by atoms with van der Waals surface area (Å²) in [4.78, 5) is 0. The van der Waals surface area contributed by atoms with Crippen molar-refractivity contribution >= 4 is 11.1 Å². The zero-order valence-corrected chi connectivity index (χ0v) is 18.2. The van der Waals surface area contributed by atoms with Crippen LogP contribution in [0.3, 0.4) is 0 Å². The first-order chi connectivity index (χ1) is 14.6. The van der Waals surface area contributed by atoms with Crippen molar-refractivity contribution < 1.29 is 4.74 Å². The van der Waals surface area contributed by atoms with E-state index in [0.717, 1.165) is 18.6 Å². The summed E-state index contributed by atoms with van der Waals surface area (Å²) in [5.74, 6) is 0.890. The van der Waals surface area contributed by atoms with Crippen LogP contribution in [-0.4, -0.2) is 12.3 Å². The third-order valence-electron chi connectivity index (χ3n) is 5.60. The van der Waals surface area contributed by atoms with E-state index in [0.29, 0.717) is 6.04 Å². The van der Waals surface area contributed by atoms with Gasteiger partial charge in [0.25, 0.3) is 0 Å². The lowest BCUT2D eigenvalue weighted by atomic mass is 9.81. The Hall–Kier alpha value is -2.84. The van der Waals surface area contributed by atoms with E-state index in [1.165, 1.54) is 39.8 Å². The van der Waals surface area contributed by atoms with Crippen molar-refractivity contribution in [3.8, 4) is 5.75 Å². The summed E-state index contributed by atoms with van der Waals surface area (Å²) in [6, 6.07) is 28.6. The summed E-state index contributed by atoms with van der Waals surface area (Å²) in [6.45, 7) is 6.30. The van der Waals surface area contributed by atoms with Gasteiger partial charge in [-0.25, -0.2) is 0 Å². The van der Waals surface area contributed by atoms with Gasteiger partial charge in [-0.2, -0.15) is 0 Å². The largest absolute Gasteiger partial charge is 0.476 e. The second kappa shape index (κ2) is 9.32. The second-order valence-electron chi connectivity index (χ2n) is 8.34. The fraction of sp³-hybridized carbons (Fsp3) is 0.286. The van der Waals surface area contributed by atoms with E-state index in [4.69, 9.17) is 4.74 Å². The fourth-order valence-electron chi connectivity index (χ4n) is 4.41. The van der Waals surface area contributed by atoms with E-state index in [1.807, 2.05) is 6.92 Å². The van der Waals surface area contributed by atoms with Gasteiger partial charge < -0.3 is 4.74 Å². The van der Waals surface area contributed by atoms with Crippen LogP contribution < -0.4 is 10.1 Å². The zero-order chi connectivity index (χ0) is 20.9. The van der Waals surface area contributed by atoms with Crippen LogP contribution in [0.2, 0.25) is 0 Å². The average molecular weight is 398 g/mol. The minimum Gasteiger partial charge on any atom is -0.476 e. The Morgan fingerprint density at radius 1 is 0.767 bits per heavy atom. The first-order valence-corrected chi connectivity index (χ1v) is 11.0. The summed E-state index contributed by atoms with van der Waals surface area (Å²) >= 11 is 0. The molecule has 154 valence electrons. The number of hydrogen-bond acceptors (Lipinski definition) is 2. The average Bonchev–Trinajstić information content (AvgIpc) is 2.75. The molecule has 2 heteroatoms. The molecule has 2 nitrogen and oxygen atoms in total. The minimum atomic E-state index is -0.0204. The lowest BCUT2D eigenvalue weighted by Crippen LogP contribution is -2.36. The van der Waals surface area contributed by atoms with Crippen molar-refractivity contribution in [1.29, 1.82) is 0 Å². The van der Waals surface area contributed by atoms with Gasteiger partial charge in [-0.15, -0.1) is 0 Å². The predicted molar refractivity (Wildman–Crippen MR) is 127 cm³/mol. The molecule has 0 spiro atoms. The van der Waals surface area contributed by atoms with E-state index < -0.39 is 0 Å². The molecule has 0 fully saturated rings. The van der Waals surface area contributed by atoms with Gasteiger partial charge in [-0.3, -0.25) is 5.32 Å². The fourth-order valence-corrected chi connectivity index (χ4v) is 4.41. The number of ether oxygens (including phenoxy) is 1. The molecule has 0 bridgehead atoms. The second-order valence-corrected chi connectivity index (χ2v) is 8.34. The lowest BCUT2D eigenvalue weighted by molar-refractivity contribution is 0.172. The Bertz CT molecular complexity index is 1000. The normalized spacial score (nSPS) is 16.1.